The van der Waals surface area contributed by atoms with Gasteiger partial charge in [-0.25, -0.2) is 0 Å². The molecule has 1 heteroatoms. The summed E-state index contributed by atoms with van der Waals surface area (Å²) >= 11 is 0. The smallest absolute Gasteiger partial charge is 0.0158 e. The van der Waals surface area contributed by atoms with Crippen molar-refractivity contribution in [2.75, 3.05) is 13.1 Å². The van der Waals surface area contributed by atoms with Gasteiger partial charge in [-0.1, -0.05) is 41.5 Å². The van der Waals surface area contributed by atoms with Gasteiger partial charge in [0.15, 0.2) is 0 Å². The Balaban J connectivity index is 4.64. The zero-order valence-electron chi connectivity index (χ0n) is 12.9. The number of rotatable bonds is 7. The van der Waals surface area contributed by atoms with Gasteiger partial charge in [0.05, 0.1) is 0 Å². The fourth-order valence-corrected chi connectivity index (χ4v) is 2.59. The first-order valence-electron chi connectivity index (χ1n) is 6.92. The normalized spacial score (nSPS) is 13.9. The molecule has 0 aliphatic carbocycles. The van der Waals surface area contributed by atoms with Crippen molar-refractivity contribution in [2.45, 2.75) is 73.8 Å². The van der Waals surface area contributed by atoms with Gasteiger partial charge in [-0.15, -0.1) is 0 Å². The summed E-state index contributed by atoms with van der Waals surface area (Å²) in [5.41, 5.74) is 0.739. The summed E-state index contributed by atoms with van der Waals surface area (Å²) in [6.45, 7) is 21.2. The lowest BCUT2D eigenvalue weighted by molar-refractivity contribution is 0.0578. The van der Waals surface area contributed by atoms with Crippen molar-refractivity contribution in [1.29, 1.82) is 0 Å². The van der Waals surface area contributed by atoms with E-state index in [2.05, 4.69) is 60.3 Å². The van der Waals surface area contributed by atoms with Crippen molar-refractivity contribution in [2.24, 2.45) is 11.3 Å². The molecule has 16 heavy (non-hydrogen) atoms. The van der Waals surface area contributed by atoms with E-state index in [0.29, 0.717) is 11.0 Å². The minimum Gasteiger partial charge on any atom is -0.298 e. The molecular weight excluding hydrogens is 194 g/mol. The SMILES string of the molecule is CCCN(CC)C(C)(C)CC(C)(C)C(C)C. The van der Waals surface area contributed by atoms with Crippen molar-refractivity contribution in [3.8, 4) is 0 Å². The number of hydrogen-bond donors (Lipinski definition) is 0. The van der Waals surface area contributed by atoms with Crippen LogP contribution in [0.2, 0.25) is 0 Å². The van der Waals surface area contributed by atoms with E-state index in [9.17, 15) is 0 Å². The Morgan fingerprint density at radius 1 is 1.00 bits per heavy atom. The van der Waals surface area contributed by atoms with E-state index >= 15 is 0 Å². The molecule has 0 saturated carbocycles. The summed E-state index contributed by atoms with van der Waals surface area (Å²) in [6, 6.07) is 0. The maximum atomic E-state index is 2.62. The second-order valence-electron chi connectivity index (χ2n) is 6.71. The summed E-state index contributed by atoms with van der Waals surface area (Å²) in [5.74, 6) is 0.743. The van der Waals surface area contributed by atoms with E-state index in [-0.39, 0.29) is 0 Å². The molecule has 0 fully saturated rings. The molecule has 0 unspecified atom stereocenters. The van der Waals surface area contributed by atoms with E-state index in [4.69, 9.17) is 0 Å². The second kappa shape index (κ2) is 6.05. The Bertz CT molecular complexity index is 192. The minimum atomic E-state index is 0.318. The van der Waals surface area contributed by atoms with Crippen LogP contribution in [-0.4, -0.2) is 23.5 Å². The molecule has 0 aliphatic heterocycles. The fourth-order valence-electron chi connectivity index (χ4n) is 2.59. The van der Waals surface area contributed by atoms with Crippen LogP contribution in [0, 0.1) is 11.3 Å². The third-order valence-corrected chi connectivity index (χ3v) is 4.18. The molecule has 0 aromatic rings. The average molecular weight is 227 g/mol. The second-order valence-corrected chi connectivity index (χ2v) is 6.71. The maximum Gasteiger partial charge on any atom is 0.0158 e. The molecule has 0 aliphatic rings. The molecule has 0 atom stereocenters. The first-order valence-corrected chi connectivity index (χ1v) is 6.92. The summed E-state index contributed by atoms with van der Waals surface area (Å²) in [7, 11) is 0. The highest BCUT2D eigenvalue weighted by Gasteiger charge is 2.34. The predicted molar refractivity (Wildman–Crippen MR) is 74.9 cm³/mol. The largest absolute Gasteiger partial charge is 0.298 e. The van der Waals surface area contributed by atoms with E-state index in [0.717, 1.165) is 12.5 Å². The van der Waals surface area contributed by atoms with Gasteiger partial charge in [-0.2, -0.15) is 0 Å². The van der Waals surface area contributed by atoms with Crippen molar-refractivity contribution < 1.29 is 0 Å². The highest BCUT2D eigenvalue weighted by atomic mass is 15.2. The zero-order valence-corrected chi connectivity index (χ0v) is 12.9. The first kappa shape index (κ1) is 16.0. The predicted octanol–water partition coefficient (Wildman–Crippen LogP) is 4.57. The van der Waals surface area contributed by atoms with Crippen LogP contribution in [0.3, 0.4) is 0 Å². The van der Waals surface area contributed by atoms with Gasteiger partial charge in [-0.3, -0.25) is 4.90 Å². The summed E-state index contributed by atoms with van der Waals surface area (Å²) in [6.07, 6.45) is 2.52. The molecule has 0 amide bonds. The van der Waals surface area contributed by atoms with Crippen LogP contribution in [-0.2, 0) is 0 Å². The molecule has 98 valence electrons. The number of hydrogen-bond acceptors (Lipinski definition) is 1. The van der Waals surface area contributed by atoms with Crippen LogP contribution < -0.4 is 0 Å². The first-order chi connectivity index (χ1) is 7.17. The molecule has 0 radical (unpaired) electrons. The van der Waals surface area contributed by atoms with E-state index in [1.165, 1.54) is 19.4 Å². The lowest BCUT2D eigenvalue weighted by Gasteiger charge is -2.44. The van der Waals surface area contributed by atoms with Gasteiger partial charge in [0.2, 0.25) is 0 Å². The zero-order chi connectivity index (χ0) is 13.0. The number of nitrogens with zero attached hydrogens (tertiary/aromatic N) is 1. The Kier molecular flexibility index (Phi) is 6.03. The molecule has 0 aromatic carbocycles. The van der Waals surface area contributed by atoms with Crippen LogP contribution in [0.1, 0.15) is 68.2 Å². The summed E-state index contributed by atoms with van der Waals surface area (Å²) < 4.78 is 0. The highest BCUT2D eigenvalue weighted by molar-refractivity contribution is 4.88. The highest BCUT2D eigenvalue weighted by Crippen LogP contribution is 2.37. The Hall–Kier alpha value is -0.0400. The standard InChI is InChI=1S/C15H33N/c1-9-11-16(10-2)15(7,8)12-14(5,6)13(3)4/h13H,9-12H2,1-8H3. The summed E-state index contributed by atoms with van der Waals surface area (Å²) in [5, 5.41) is 0. The molecule has 0 rings (SSSR count). The van der Waals surface area contributed by atoms with Gasteiger partial charge in [-0.05, 0) is 51.1 Å². The van der Waals surface area contributed by atoms with E-state index < -0.39 is 0 Å². The molecule has 0 heterocycles. The van der Waals surface area contributed by atoms with Crippen LogP contribution in [0.15, 0.2) is 0 Å². The Morgan fingerprint density at radius 3 is 1.81 bits per heavy atom. The topological polar surface area (TPSA) is 3.24 Å². The van der Waals surface area contributed by atoms with Crippen molar-refractivity contribution >= 4 is 0 Å². The molecule has 0 spiro atoms. The quantitative estimate of drug-likeness (QED) is 0.616. The molecule has 0 aromatic heterocycles. The fraction of sp³-hybridized carbons (Fsp3) is 1.00. The van der Waals surface area contributed by atoms with Crippen LogP contribution in [0.4, 0.5) is 0 Å². The monoisotopic (exact) mass is 227 g/mol. The molecule has 0 N–H and O–H groups in total. The molecule has 0 saturated heterocycles. The Morgan fingerprint density at radius 2 is 1.50 bits per heavy atom. The molecule has 0 bridgehead atoms. The lowest BCUT2D eigenvalue weighted by atomic mass is 9.72. The summed E-state index contributed by atoms with van der Waals surface area (Å²) in [4.78, 5) is 2.62. The third kappa shape index (κ3) is 4.45. The van der Waals surface area contributed by atoms with Crippen molar-refractivity contribution in [1.82, 2.24) is 4.90 Å². The van der Waals surface area contributed by atoms with Gasteiger partial charge < -0.3 is 0 Å². The van der Waals surface area contributed by atoms with Gasteiger partial charge in [0.25, 0.3) is 0 Å². The van der Waals surface area contributed by atoms with Crippen LogP contribution >= 0.6 is 0 Å². The average Bonchev–Trinajstić information content (AvgIpc) is 2.11. The van der Waals surface area contributed by atoms with Gasteiger partial charge in [0.1, 0.15) is 0 Å². The van der Waals surface area contributed by atoms with E-state index in [1.807, 2.05) is 0 Å². The molecule has 1 nitrogen and oxygen atoms in total. The van der Waals surface area contributed by atoms with Crippen LogP contribution in [0.25, 0.3) is 0 Å². The third-order valence-electron chi connectivity index (χ3n) is 4.18. The van der Waals surface area contributed by atoms with Gasteiger partial charge in [0, 0.05) is 5.54 Å². The molecular formula is C15H33N. The van der Waals surface area contributed by atoms with E-state index in [1.54, 1.807) is 0 Å². The lowest BCUT2D eigenvalue weighted by Crippen LogP contribution is -2.47. The van der Waals surface area contributed by atoms with Crippen molar-refractivity contribution in [3.63, 3.8) is 0 Å². The van der Waals surface area contributed by atoms with Gasteiger partial charge >= 0.3 is 0 Å². The van der Waals surface area contributed by atoms with Crippen LogP contribution in [0.5, 0.6) is 0 Å². The van der Waals surface area contributed by atoms with Crippen molar-refractivity contribution in [3.05, 3.63) is 0 Å². The Labute approximate surface area is 104 Å². The minimum absolute atomic E-state index is 0.318. The maximum absolute atomic E-state index is 2.62.